The number of aromatic nitrogens is 1. The van der Waals surface area contributed by atoms with Gasteiger partial charge in [-0.2, -0.15) is 0 Å². The van der Waals surface area contributed by atoms with Crippen molar-refractivity contribution >= 4 is 22.8 Å². The van der Waals surface area contributed by atoms with E-state index in [4.69, 9.17) is 4.42 Å². The zero-order valence-electron chi connectivity index (χ0n) is 12.5. The smallest absolute Gasteiger partial charge is 0.271 e. The largest absolute Gasteiger partial charge is 0.464 e. The minimum absolute atomic E-state index is 0.114. The number of hydrogen-bond donors (Lipinski definition) is 2. The van der Waals surface area contributed by atoms with Gasteiger partial charge in [-0.1, -0.05) is 12.1 Å². The van der Waals surface area contributed by atoms with Gasteiger partial charge in [-0.15, -0.1) is 0 Å². The number of nitrogens with zero attached hydrogens (tertiary/aromatic N) is 1. The van der Waals surface area contributed by atoms with Crippen molar-refractivity contribution in [1.82, 2.24) is 15.8 Å². The zero-order chi connectivity index (χ0) is 16.2. The Balaban J connectivity index is 1.62. The molecular weight excluding hydrogens is 294 g/mol. The first kappa shape index (κ1) is 14.8. The quantitative estimate of drug-likeness (QED) is 0.726. The number of hydrazine groups is 1. The third-order valence-electron chi connectivity index (χ3n) is 3.40. The first-order chi connectivity index (χ1) is 11.1. The second-order valence-electron chi connectivity index (χ2n) is 5.18. The van der Waals surface area contributed by atoms with Gasteiger partial charge in [0.1, 0.15) is 5.58 Å². The van der Waals surface area contributed by atoms with Gasteiger partial charge in [0.2, 0.25) is 5.91 Å². The normalized spacial score (nSPS) is 10.5. The fourth-order valence-corrected chi connectivity index (χ4v) is 2.24. The number of fused-ring (bicyclic) bond motifs is 1. The summed E-state index contributed by atoms with van der Waals surface area (Å²) in [5.41, 5.74) is 7.72. The lowest BCUT2D eigenvalue weighted by atomic mass is 10.1. The molecule has 2 heterocycles. The highest BCUT2D eigenvalue weighted by Gasteiger charge is 2.12. The minimum atomic E-state index is -0.417. The Morgan fingerprint density at radius 3 is 2.87 bits per heavy atom. The molecular formula is C17H15N3O3. The van der Waals surface area contributed by atoms with E-state index in [9.17, 15) is 9.59 Å². The Kier molecular flexibility index (Phi) is 4.05. The van der Waals surface area contributed by atoms with Crippen molar-refractivity contribution in [2.45, 2.75) is 13.3 Å². The molecule has 0 fully saturated rings. The highest BCUT2D eigenvalue weighted by atomic mass is 16.3. The number of amides is 2. The number of pyridine rings is 1. The predicted octanol–water partition coefficient (Wildman–Crippen LogP) is 2.14. The Hall–Kier alpha value is -3.15. The van der Waals surface area contributed by atoms with Crippen LogP contribution in [0, 0.1) is 6.92 Å². The average Bonchev–Trinajstić information content (AvgIpc) is 2.95. The molecule has 1 aromatic carbocycles. The Morgan fingerprint density at radius 2 is 2.09 bits per heavy atom. The van der Waals surface area contributed by atoms with Gasteiger partial charge in [0, 0.05) is 23.3 Å². The van der Waals surface area contributed by atoms with Gasteiger partial charge in [-0.05, 0) is 30.7 Å². The van der Waals surface area contributed by atoms with E-state index in [0.29, 0.717) is 5.56 Å². The van der Waals surface area contributed by atoms with Crippen molar-refractivity contribution in [3.63, 3.8) is 0 Å². The third kappa shape index (κ3) is 3.37. The molecule has 6 heteroatoms. The highest BCUT2D eigenvalue weighted by molar-refractivity contribution is 5.95. The van der Waals surface area contributed by atoms with Gasteiger partial charge in [0.15, 0.2) is 0 Å². The summed E-state index contributed by atoms with van der Waals surface area (Å²) in [6.07, 6.45) is 4.67. The molecule has 0 radical (unpaired) electrons. The maximum absolute atomic E-state index is 12.0. The first-order valence-electron chi connectivity index (χ1n) is 7.09. The molecule has 0 aliphatic carbocycles. The molecule has 116 valence electrons. The van der Waals surface area contributed by atoms with Gasteiger partial charge >= 0.3 is 0 Å². The van der Waals surface area contributed by atoms with E-state index >= 15 is 0 Å². The van der Waals surface area contributed by atoms with Crippen LogP contribution in [0.5, 0.6) is 0 Å². The van der Waals surface area contributed by atoms with Crippen molar-refractivity contribution < 1.29 is 14.0 Å². The molecule has 23 heavy (non-hydrogen) atoms. The second-order valence-corrected chi connectivity index (χ2v) is 5.18. The van der Waals surface area contributed by atoms with E-state index in [-0.39, 0.29) is 12.3 Å². The summed E-state index contributed by atoms with van der Waals surface area (Å²) in [5, 5.41) is 0.893. The van der Waals surface area contributed by atoms with Crippen LogP contribution < -0.4 is 10.9 Å². The lowest BCUT2D eigenvalue weighted by molar-refractivity contribution is -0.121. The van der Waals surface area contributed by atoms with Crippen LogP contribution in [0.4, 0.5) is 0 Å². The molecule has 0 spiro atoms. The number of nitrogens with one attached hydrogen (secondary N) is 2. The topological polar surface area (TPSA) is 84.2 Å². The predicted molar refractivity (Wildman–Crippen MR) is 84.5 cm³/mol. The average molecular weight is 309 g/mol. The number of hydrogen-bond acceptors (Lipinski definition) is 4. The summed E-state index contributed by atoms with van der Waals surface area (Å²) in [5.74, 6) is -0.746. The fourth-order valence-electron chi connectivity index (χ4n) is 2.24. The van der Waals surface area contributed by atoms with E-state index in [0.717, 1.165) is 22.1 Å². The summed E-state index contributed by atoms with van der Waals surface area (Å²) in [4.78, 5) is 27.6. The van der Waals surface area contributed by atoms with E-state index in [1.165, 1.54) is 6.20 Å². The minimum Gasteiger partial charge on any atom is -0.464 e. The lowest BCUT2D eigenvalue weighted by Crippen LogP contribution is -2.42. The molecule has 2 N–H and O–H groups in total. The molecule has 0 aliphatic heterocycles. The fraction of sp³-hybridized carbons (Fsp3) is 0.118. The molecule has 0 atom stereocenters. The summed E-state index contributed by atoms with van der Waals surface area (Å²) in [7, 11) is 0. The molecule has 2 amide bonds. The van der Waals surface area contributed by atoms with Crippen LogP contribution in [0.15, 0.2) is 53.4 Å². The molecule has 0 aliphatic rings. The maximum atomic E-state index is 12.0. The van der Waals surface area contributed by atoms with E-state index < -0.39 is 5.91 Å². The van der Waals surface area contributed by atoms with Crippen LogP contribution in [0.25, 0.3) is 11.0 Å². The van der Waals surface area contributed by atoms with Crippen LogP contribution >= 0.6 is 0 Å². The van der Waals surface area contributed by atoms with Crippen molar-refractivity contribution in [2.24, 2.45) is 0 Å². The Bertz CT molecular complexity index is 856. The molecule has 0 bridgehead atoms. The standard InChI is InChI=1S/C17H15N3O3/c1-11-4-5-14-13(10-23-15(14)7-11)8-16(21)19-20-17(22)12-3-2-6-18-9-12/h2-7,9-10H,8H2,1H3,(H,19,21)(H,20,22). The van der Waals surface area contributed by atoms with Crippen molar-refractivity contribution in [1.29, 1.82) is 0 Å². The Labute approximate surface area is 132 Å². The van der Waals surface area contributed by atoms with Crippen molar-refractivity contribution in [3.8, 4) is 0 Å². The van der Waals surface area contributed by atoms with Crippen LogP contribution in [0.1, 0.15) is 21.5 Å². The van der Waals surface area contributed by atoms with E-state index in [2.05, 4.69) is 15.8 Å². The van der Waals surface area contributed by atoms with Gasteiger partial charge in [0.05, 0.1) is 18.2 Å². The van der Waals surface area contributed by atoms with Crippen LogP contribution in [-0.4, -0.2) is 16.8 Å². The zero-order valence-corrected chi connectivity index (χ0v) is 12.5. The SMILES string of the molecule is Cc1ccc2c(CC(=O)NNC(=O)c3cccnc3)coc2c1. The Morgan fingerprint density at radius 1 is 1.22 bits per heavy atom. The summed E-state index contributed by atoms with van der Waals surface area (Å²) in [6, 6.07) is 9.06. The van der Waals surface area contributed by atoms with Crippen molar-refractivity contribution in [2.75, 3.05) is 0 Å². The molecule has 3 rings (SSSR count). The number of furan rings is 1. The van der Waals surface area contributed by atoms with Gasteiger partial charge in [-0.25, -0.2) is 0 Å². The molecule has 6 nitrogen and oxygen atoms in total. The molecule has 2 aromatic heterocycles. The molecule has 3 aromatic rings. The molecule has 0 saturated heterocycles. The molecule has 0 unspecified atom stereocenters. The number of benzene rings is 1. The molecule has 0 saturated carbocycles. The van der Waals surface area contributed by atoms with Gasteiger partial charge < -0.3 is 4.42 Å². The van der Waals surface area contributed by atoms with E-state index in [1.54, 1.807) is 24.6 Å². The second kappa shape index (κ2) is 6.31. The lowest BCUT2D eigenvalue weighted by Gasteiger charge is -2.06. The number of carbonyl (C=O) groups is 2. The monoisotopic (exact) mass is 309 g/mol. The van der Waals surface area contributed by atoms with Crippen molar-refractivity contribution in [3.05, 3.63) is 65.7 Å². The number of rotatable bonds is 3. The van der Waals surface area contributed by atoms with Gasteiger partial charge in [0.25, 0.3) is 5.91 Å². The summed E-state index contributed by atoms with van der Waals surface area (Å²) in [6.45, 7) is 1.97. The summed E-state index contributed by atoms with van der Waals surface area (Å²) < 4.78 is 5.45. The third-order valence-corrected chi connectivity index (χ3v) is 3.40. The van der Waals surface area contributed by atoms with Gasteiger partial charge in [-0.3, -0.25) is 25.4 Å². The highest BCUT2D eigenvalue weighted by Crippen LogP contribution is 2.22. The van der Waals surface area contributed by atoms with Crippen LogP contribution in [0.3, 0.4) is 0 Å². The van der Waals surface area contributed by atoms with Crippen LogP contribution in [-0.2, 0) is 11.2 Å². The maximum Gasteiger partial charge on any atom is 0.271 e. The first-order valence-corrected chi connectivity index (χ1v) is 7.09. The van der Waals surface area contributed by atoms with E-state index in [1.807, 2.05) is 25.1 Å². The number of carbonyl (C=O) groups excluding carboxylic acids is 2. The number of aryl methyl sites for hydroxylation is 1. The summed E-state index contributed by atoms with van der Waals surface area (Å²) >= 11 is 0. The van der Waals surface area contributed by atoms with Crippen LogP contribution in [0.2, 0.25) is 0 Å².